The van der Waals surface area contributed by atoms with E-state index in [0.717, 1.165) is 25.0 Å². The lowest BCUT2D eigenvalue weighted by atomic mass is 9.92. The van der Waals surface area contributed by atoms with Gasteiger partial charge in [0, 0.05) is 25.3 Å². The Morgan fingerprint density at radius 3 is 2.24 bits per heavy atom. The van der Waals surface area contributed by atoms with Gasteiger partial charge in [-0.15, -0.1) is 0 Å². The molecule has 1 aromatic carbocycles. The highest BCUT2D eigenvalue weighted by molar-refractivity contribution is 5.25. The van der Waals surface area contributed by atoms with Crippen molar-refractivity contribution in [2.75, 3.05) is 13.2 Å². The maximum atomic E-state index is 5.46. The van der Waals surface area contributed by atoms with Crippen molar-refractivity contribution in [2.24, 2.45) is 11.8 Å². The summed E-state index contributed by atoms with van der Waals surface area (Å²) in [5.74, 6) is 1.47. The molecule has 0 saturated carbocycles. The Hall–Kier alpha value is -0.860. The fourth-order valence-corrected chi connectivity index (χ4v) is 3.26. The molecule has 0 aliphatic carbocycles. The van der Waals surface area contributed by atoms with Gasteiger partial charge in [0.05, 0.1) is 0 Å². The highest BCUT2D eigenvalue weighted by Crippen LogP contribution is 2.22. The van der Waals surface area contributed by atoms with Crippen molar-refractivity contribution in [1.29, 1.82) is 0 Å². The number of rotatable bonds is 6. The molecule has 2 heteroatoms. The maximum absolute atomic E-state index is 5.46. The Morgan fingerprint density at radius 2 is 1.67 bits per heavy atom. The van der Waals surface area contributed by atoms with E-state index >= 15 is 0 Å². The van der Waals surface area contributed by atoms with Crippen LogP contribution in [-0.2, 0) is 11.2 Å². The van der Waals surface area contributed by atoms with Crippen LogP contribution in [-0.4, -0.2) is 19.3 Å². The van der Waals surface area contributed by atoms with E-state index in [9.17, 15) is 0 Å². The number of hydrogen-bond donors (Lipinski definition) is 1. The van der Waals surface area contributed by atoms with Gasteiger partial charge in [0.15, 0.2) is 0 Å². The third kappa shape index (κ3) is 5.12. The summed E-state index contributed by atoms with van der Waals surface area (Å²) >= 11 is 0. The van der Waals surface area contributed by atoms with Crippen LogP contribution < -0.4 is 5.32 Å². The van der Waals surface area contributed by atoms with Gasteiger partial charge in [-0.05, 0) is 56.1 Å². The summed E-state index contributed by atoms with van der Waals surface area (Å²) in [5, 5.41) is 3.77. The zero-order chi connectivity index (χ0) is 15.2. The molecule has 2 nitrogen and oxygen atoms in total. The van der Waals surface area contributed by atoms with Gasteiger partial charge in [0.2, 0.25) is 0 Å². The van der Waals surface area contributed by atoms with Crippen LogP contribution in [0.1, 0.15) is 57.7 Å². The summed E-state index contributed by atoms with van der Waals surface area (Å²) in [4.78, 5) is 0. The summed E-state index contributed by atoms with van der Waals surface area (Å²) in [6.07, 6.45) is 3.54. The van der Waals surface area contributed by atoms with Crippen LogP contribution in [0, 0.1) is 11.8 Å². The minimum Gasteiger partial charge on any atom is -0.381 e. The van der Waals surface area contributed by atoms with Gasteiger partial charge < -0.3 is 10.1 Å². The molecule has 0 amide bonds. The predicted molar refractivity (Wildman–Crippen MR) is 89.5 cm³/mol. The number of hydrogen-bond acceptors (Lipinski definition) is 2. The highest BCUT2D eigenvalue weighted by atomic mass is 16.5. The molecule has 0 bridgehead atoms. The zero-order valence-electron chi connectivity index (χ0n) is 14.1. The molecule has 0 spiro atoms. The van der Waals surface area contributed by atoms with E-state index in [2.05, 4.69) is 57.3 Å². The molecule has 0 aromatic heterocycles. The van der Waals surface area contributed by atoms with Crippen molar-refractivity contribution in [3.05, 3.63) is 35.4 Å². The average Bonchev–Trinajstić information content (AvgIpc) is 2.48. The first-order valence-electron chi connectivity index (χ1n) is 8.49. The second kappa shape index (κ2) is 7.95. The van der Waals surface area contributed by atoms with E-state index in [0.29, 0.717) is 12.1 Å². The third-order valence-electron chi connectivity index (χ3n) is 4.61. The van der Waals surface area contributed by atoms with E-state index in [4.69, 9.17) is 4.74 Å². The SMILES string of the molecule is CC(C)Cc1ccc(C(C)NC(C)C2CCOCC2)cc1. The molecule has 2 atom stereocenters. The second-order valence-corrected chi connectivity index (χ2v) is 6.97. The summed E-state index contributed by atoms with van der Waals surface area (Å²) in [7, 11) is 0. The molecular weight excluding hydrogens is 258 g/mol. The Bertz CT molecular complexity index is 406. The van der Waals surface area contributed by atoms with Gasteiger partial charge in [0.25, 0.3) is 0 Å². The molecule has 1 aromatic rings. The van der Waals surface area contributed by atoms with Crippen molar-refractivity contribution in [3.63, 3.8) is 0 Å². The molecule has 1 heterocycles. The largest absolute Gasteiger partial charge is 0.381 e. The maximum Gasteiger partial charge on any atom is 0.0469 e. The fourth-order valence-electron chi connectivity index (χ4n) is 3.26. The summed E-state index contributed by atoms with van der Waals surface area (Å²) in [6.45, 7) is 11.0. The second-order valence-electron chi connectivity index (χ2n) is 6.97. The topological polar surface area (TPSA) is 21.3 Å². The predicted octanol–water partition coefficient (Wildman–Crippen LogP) is 4.35. The molecule has 1 fully saturated rings. The molecular formula is C19H31NO. The first-order valence-corrected chi connectivity index (χ1v) is 8.49. The lowest BCUT2D eigenvalue weighted by molar-refractivity contribution is 0.0547. The van der Waals surface area contributed by atoms with Crippen molar-refractivity contribution in [3.8, 4) is 0 Å². The van der Waals surface area contributed by atoms with Crippen LogP contribution in [0.25, 0.3) is 0 Å². The third-order valence-corrected chi connectivity index (χ3v) is 4.61. The average molecular weight is 289 g/mol. The Morgan fingerprint density at radius 1 is 1.05 bits per heavy atom. The molecule has 21 heavy (non-hydrogen) atoms. The molecule has 0 radical (unpaired) electrons. The monoisotopic (exact) mass is 289 g/mol. The molecule has 2 rings (SSSR count). The highest BCUT2D eigenvalue weighted by Gasteiger charge is 2.21. The Labute approximate surface area is 130 Å². The van der Waals surface area contributed by atoms with E-state index in [1.54, 1.807) is 0 Å². The van der Waals surface area contributed by atoms with Crippen LogP contribution in [0.4, 0.5) is 0 Å². The van der Waals surface area contributed by atoms with E-state index < -0.39 is 0 Å². The van der Waals surface area contributed by atoms with Gasteiger partial charge in [-0.2, -0.15) is 0 Å². The van der Waals surface area contributed by atoms with Gasteiger partial charge in [-0.3, -0.25) is 0 Å². The smallest absolute Gasteiger partial charge is 0.0469 e. The minimum atomic E-state index is 0.413. The van der Waals surface area contributed by atoms with Crippen LogP contribution >= 0.6 is 0 Å². The molecule has 1 aliphatic rings. The van der Waals surface area contributed by atoms with E-state index in [1.165, 1.54) is 30.4 Å². The lowest BCUT2D eigenvalue weighted by Crippen LogP contribution is -2.38. The summed E-state index contributed by atoms with van der Waals surface area (Å²) in [6, 6.07) is 10.1. The van der Waals surface area contributed by atoms with E-state index in [1.807, 2.05) is 0 Å². The van der Waals surface area contributed by atoms with Crippen LogP contribution in [0.15, 0.2) is 24.3 Å². The normalized spacial score (nSPS) is 19.7. The summed E-state index contributed by atoms with van der Waals surface area (Å²) < 4.78 is 5.46. The fraction of sp³-hybridized carbons (Fsp3) is 0.684. The van der Waals surface area contributed by atoms with Gasteiger partial charge >= 0.3 is 0 Å². The molecule has 1 saturated heterocycles. The van der Waals surface area contributed by atoms with Gasteiger partial charge in [0.1, 0.15) is 0 Å². The zero-order valence-corrected chi connectivity index (χ0v) is 14.1. The standard InChI is InChI=1S/C19H31NO/c1-14(2)13-17-5-7-18(8-6-17)15(3)20-16(4)19-9-11-21-12-10-19/h5-8,14-16,19-20H,9-13H2,1-4H3. The Kier molecular flexibility index (Phi) is 6.25. The quantitative estimate of drug-likeness (QED) is 0.840. The molecule has 1 N–H and O–H groups in total. The van der Waals surface area contributed by atoms with Crippen molar-refractivity contribution < 1.29 is 4.74 Å². The minimum absolute atomic E-state index is 0.413. The number of nitrogens with one attached hydrogen (secondary N) is 1. The van der Waals surface area contributed by atoms with Gasteiger partial charge in [-0.1, -0.05) is 38.1 Å². The van der Waals surface area contributed by atoms with Gasteiger partial charge in [-0.25, -0.2) is 0 Å². The van der Waals surface area contributed by atoms with E-state index in [-0.39, 0.29) is 0 Å². The van der Waals surface area contributed by atoms with Crippen LogP contribution in [0.3, 0.4) is 0 Å². The lowest BCUT2D eigenvalue weighted by Gasteiger charge is -2.31. The molecule has 2 unspecified atom stereocenters. The molecule has 1 aliphatic heterocycles. The summed E-state index contributed by atoms with van der Waals surface area (Å²) in [5.41, 5.74) is 2.83. The van der Waals surface area contributed by atoms with Crippen molar-refractivity contribution >= 4 is 0 Å². The number of benzene rings is 1. The molecule has 118 valence electrons. The number of ether oxygens (including phenoxy) is 1. The first-order chi connectivity index (χ1) is 10.1. The van der Waals surface area contributed by atoms with Crippen molar-refractivity contribution in [2.45, 2.75) is 59.0 Å². The van der Waals surface area contributed by atoms with Crippen LogP contribution in [0.5, 0.6) is 0 Å². The Balaban J connectivity index is 1.88. The van der Waals surface area contributed by atoms with Crippen LogP contribution in [0.2, 0.25) is 0 Å². The first kappa shape index (κ1) is 16.5. The van der Waals surface area contributed by atoms with Crippen molar-refractivity contribution in [1.82, 2.24) is 5.32 Å².